The predicted molar refractivity (Wildman–Crippen MR) is 96.3 cm³/mol. The summed E-state index contributed by atoms with van der Waals surface area (Å²) in [7, 11) is 0. The lowest BCUT2D eigenvalue weighted by atomic mass is 9.55. The van der Waals surface area contributed by atoms with Gasteiger partial charge in [0.05, 0.1) is 5.41 Å². The van der Waals surface area contributed by atoms with Crippen molar-refractivity contribution in [2.75, 3.05) is 0 Å². The van der Waals surface area contributed by atoms with Crippen molar-refractivity contribution >= 4 is 5.97 Å². The molecule has 0 aliphatic carbocycles. The standard InChI is InChI=1S/C20H37F3O2/c1-10-19(11-2,13-12-14-20(21,22)23)25-15(24)18(9,16(3,4)5)17(6,7)8/h10-14H2,1-9H3. The normalized spacial score (nSPS) is 14.6. The molecule has 0 aromatic heterocycles. The largest absolute Gasteiger partial charge is 0.459 e. The molecule has 0 atom stereocenters. The van der Waals surface area contributed by atoms with E-state index in [0.29, 0.717) is 12.8 Å². The third-order valence-corrected chi connectivity index (χ3v) is 6.10. The number of ether oxygens (including phenoxy) is 1. The second kappa shape index (κ2) is 7.87. The van der Waals surface area contributed by atoms with Crippen LogP contribution in [-0.2, 0) is 9.53 Å². The number of carbonyl (C=O) groups excluding carboxylic acids is 1. The molecule has 0 saturated heterocycles. The number of hydrogen-bond donors (Lipinski definition) is 0. The van der Waals surface area contributed by atoms with E-state index >= 15 is 0 Å². The van der Waals surface area contributed by atoms with E-state index in [1.807, 2.05) is 62.3 Å². The van der Waals surface area contributed by atoms with Crippen molar-refractivity contribution in [3.63, 3.8) is 0 Å². The summed E-state index contributed by atoms with van der Waals surface area (Å²) in [5, 5.41) is 0. The molecule has 0 fully saturated rings. The van der Waals surface area contributed by atoms with E-state index in [0.717, 1.165) is 0 Å². The van der Waals surface area contributed by atoms with Crippen LogP contribution in [0, 0.1) is 16.2 Å². The zero-order chi connectivity index (χ0) is 20.3. The van der Waals surface area contributed by atoms with Gasteiger partial charge in [0, 0.05) is 6.42 Å². The van der Waals surface area contributed by atoms with Crippen molar-refractivity contribution in [2.45, 2.75) is 106 Å². The minimum Gasteiger partial charge on any atom is -0.459 e. The quantitative estimate of drug-likeness (QED) is 0.457. The maximum atomic E-state index is 13.2. The van der Waals surface area contributed by atoms with Crippen LogP contribution in [0.3, 0.4) is 0 Å². The molecule has 0 aliphatic heterocycles. The van der Waals surface area contributed by atoms with Gasteiger partial charge in [-0.15, -0.1) is 0 Å². The summed E-state index contributed by atoms with van der Waals surface area (Å²) in [6.45, 7) is 17.7. The fraction of sp³-hybridized carbons (Fsp3) is 0.950. The summed E-state index contributed by atoms with van der Waals surface area (Å²) in [6.07, 6.45) is -3.80. The topological polar surface area (TPSA) is 26.3 Å². The summed E-state index contributed by atoms with van der Waals surface area (Å²) in [6, 6.07) is 0. The molecule has 0 aromatic rings. The Labute approximate surface area is 151 Å². The zero-order valence-electron chi connectivity index (χ0n) is 17.5. The smallest absolute Gasteiger partial charge is 0.389 e. The fourth-order valence-electron chi connectivity index (χ4n) is 3.45. The minimum absolute atomic E-state index is 0.0276. The average Bonchev–Trinajstić information content (AvgIpc) is 2.41. The molecule has 25 heavy (non-hydrogen) atoms. The van der Waals surface area contributed by atoms with Gasteiger partial charge in [-0.1, -0.05) is 55.4 Å². The van der Waals surface area contributed by atoms with Crippen molar-refractivity contribution < 1.29 is 22.7 Å². The van der Waals surface area contributed by atoms with Gasteiger partial charge in [-0.3, -0.25) is 4.79 Å². The van der Waals surface area contributed by atoms with Crippen LogP contribution in [0.1, 0.15) is 94.4 Å². The van der Waals surface area contributed by atoms with E-state index in [9.17, 15) is 18.0 Å². The molecule has 0 rings (SSSR count). The Morgan fingerprint density at radius 3 is 1.48 bits per heavy atom. The van der Waals surface area contributed by atoms with E-state index in [2.05, 4.69) is 0 Å². The molecular weight excluding hydrogens is 329 g/mol. The first-order valence-corrected chi connectivity index (χ1v) is 9.26. The highest BCUT2D eigenvalue weighted by molar-refractivity contribution is 5.79. The molecule has 0 saturated carbocycles. The Bertz CT molecular complexity index is 421. The molecule has 0 bridgehead atoms. The monoisotopic (exact) mass is 366 g/mol. The van der Waals surface area contributed by atoms with Crippen LogP contribution in [-0.4, -0.2) is 17.7 Å². The molecule has 0 unspecified atom stereocenters. The van der Waals surface area contributed by atoms with Crippen LogP contribution >= 0.6 is 0 Å². The van der Waals surface area contributed by atoms with Gasteiger partial charge in [-0.05, 0) is 43.4 Å². The Balaban J connectivity index is 5.52. The lowest BCUT2D eigenvalue weighted by Crippen LogP contribution is -2.53. The molecule has 5 heteroatoms. The minimum atomic E-state index is -4.18. The van der Waals surface area contributed by atoms with Gasteiger partial charge in [0.25, 0.3) is 0 Å². The third-order valence-electron chi connectivity index (χ3n) is 6.10. The van der Waals surface area contributed by atoms with Gasteiger partial charge < -0.3 is 4.74 Å². The van der Waals surface area contributed by atoms with Crippen LogP contribution < -0.4 is 0 Å². The van der Waals surface area contributed by atoms with Crippen LogP contribution in [0.4, 0.5) is 13.2 Å². The number of carbonyl (C=O) groups is 1. The van der Waals surface area contributed by atoms with Gasteiger partial charge in [-0.2, -0.15) is 13.2 Å². The average molecular weight is 367 g/mol. The second-order valence-corrected chi connectivity index (χ2v) is 9.37. The van der Waals surface area contributed by atoms with Gasteiger partial charge in [0.15, 0.2) is 0 Å². The maximum Gasteiger partial charge on any atom is 0.389 e. The van der Waals surface area contributed by atoms with E-state index in [-0.39, 0.29) is 29.6 Å². The molecule has 0 spiro atoms. The summed E-state index contributed by atoms with van der Waals surface area (Å²) < 4.78 is 43.4. The maximum absolute atomic E-state index is 13.2. The Kier molecular flexibility index (Phi) is 7.64. The van der Waals surface area contributed by atoms with Crippen LogP contribution in [0.15, 0.2) is 0 Å². The molecular formula is C20H37F3O2. The molecule has 150 valence electrons. The molecule has 2 nitrogen and oxygen atoms in total. The molecule has 0 aliphatic rings. The molecule has 0 radical (unpaired) electrons. The van der Waals surface area contributed by atoms with Gasteiger partial charge in [0.2, 0.25) is 0 Å². The highest BCUT2D eigenvalue weighted by atomic mass is 19.4. The molecule has 0 heterocycles. The first-order valence-electron chi connectivity index (χ1n) is 9.26. The van der Waals surface area contributed by atoms with Gasteiger partial charge in [0.1, 0.15) is 5.60 Å². The number of hydrogen-bond acceptors (Lipinski definition) is 2. The Morgan fingerprint density at radius 2 is 1.20 bits per heavy atom. The predicted octanol–water partition coefficient (Wildman–Crippen LogP) is 6.92. The third kappa shape index (κ3) is 5.89. The van der Waals surface area contributed by atoms with Crippen molar-refractivity contribution in [1.29, 1.82) is 0 Å². The van der Waals surface area contributed by atoms with E-state index < -0.39 is 23.6 Å². The SMILES string of the molecule is CCC(CC)(CCCC(F)(F)F)OC(=O)C(C)(C(C)(C)C)C(C)(C)C. The van der Waals surface area contributed by atoms with Crippen molar-refractivity contribution in [3.8, 4) is 0 Å². The first kappa shape index (κ1) is 24.3. The van der Waals surface area contributed by atoms with Crippen LogP contribution in [0.2, 0.25) is 0 Å². The van der Waals surface area contributed by atoms with Gasteiger partial charge >= 0.3 is 12.1 Å². The second-order valence-electron chi connectivity index (χ2n) is 9.37. The lowest BCUT2D eigenvalue weighted by molar-refractivity contribution is -0.191. The number of halogens is 3. The van der Waals surface area contributed by atoms with Crippen molar-refractivity contribution in [3.05, 3.63) is 0 Å². The fourth-order valence-corrected chi connectivity index (χ4v) is 3.45. The zero-order valence-corrected chi connectivity index (χ0v) is 17.5. The van der Waals surface area contributed by atoms with Crippen LogP contribution in [0.5, 0.6) is 0 Å². The van der Waals surface area contributed by atoms with Crippen molar-refractivity contribution in [1.82, 2.24) is 0 Å². The van der Waals surface area contributed by atoms with Gasteiger partial charge in [-0.25, -0.2) is 0 Å². The van der Waals surface area contributed by atoms with E-state index in [1.165, 1.54) is 0 Å². The molecule has 0 amide bonds. The Hall–Kier alpha value is -0.740. The summed E-state index contributed by atoms with van der Waals surface area (Å²) >= 11 is 0. The Morgan fingerprint density at radius 1 is 0.800 bits per heavy atom. The number of esters is 1. The summed E-state index contributed by atoms with van der Waals surface area (Å²) in [5.74, 6) is -0.316. The number of rotatable bonds is 7. The summed E-state index contributed by atoms with van der Waals surface area (Å²) in [5.41, 5.74) is -2.29. The molecule has 0 N–H and O–H groups in total. The lowest BCUT2D eigenvalue weighted by Gasteiger charge is -2.50. The van der Waals surface area contributed by atoms with E-state index in [1.54, 1.807) is 0 Å². The van der Waals surface area contributed by atoms with Crippen LogP contribution in [0.25, 0.3) is 0 Å². The molecule has 0 aromatic carbocycles. The highest BCUT2D eigenvalue weighted by Gasteiger charge is 2.55. The van der Waals surface area contributed by atoms with Crippen molar-refractivity contribution in [2.24, 2.45) is 16.2 Å². The number of alkyl halides is 3. The van der Waals surface area contributed by atoms with E-state index in [4.69, 9.17) is 4.74 Å². The summed E-state index contributed by atoms with van der Waals surface area (Å²) in [4.78, 5) is 13.2. The highest BCUT2D eigenvalue weighted by Crippen LogP contribution is 2.53. The first-order chi connectivity index (χ1) is 11.0.